The van der Waals surface area contributed by atoms with Crippen molar-refractivity contribution in [1.82, 2.24) is 0 Å². The van der Waals surface area contributed by atoms with Gasteiger partial charge in [-0.1, -0.05) is 53.6 Å². The van der Waals surface area contributed by atoms with Gasteiger partial charge in [-0.15, -0.1) is 0 Å². The van der Waals surface area contributed by atoms with Gasteiger partial charge in [-0.25, -0.2) is 0 Å². The maximum Gasteiger partial charge on any atom is 0.140 e. The Bertz CT molecular complexity index is 2250. The third kappa shape index (κ3) is 5.88. The quantitative estimate of drug-likeness (QED) is 0.269. The van der Waals surface area contributed by atoms with Crippen LogP contribution < -0.4 is 19.3 Å². The summed E-state index contributed by atoms with van der Waals surface area (Å²) in [5, 5.41) is 0. The fourth-order valence-electron chi connectivity index (χ4n) is 10.8. The average molecular weight is 715 g/mol. The molecule has 10 rings (SSSR count). The molecule has 6 aliphatic heterocycles. The molecule has 0 spiro atoms. The fraction of sp³-hybridized carbons (Fsp3) is 0.400. The van der Waals surface area contributed by atoms with Crippen molar-refractivity contribution < 1.29 is 9.47 Å². The SMILES string of the molecule is CC1=C/C(=C\C=C2/CCCC(/C=C/C3=CC(C)Oc4c3cc3c5c4CCCN5CCC3)=C2c2cc(C)cc(C)c2)c2cc3c4c(c2O1)CCCN4CCC3. The summed E-state index contributed by atoms with van der Waals surface area (Å²) < 4.78 is 13.2. The summed E-state index contributed by atoms with van der Waals surface area (Å²) in [6.45, 7) is 13.5. The molecule has 1 unspecified atom stereocenters. The molecular formula is C50H54N2O2. The van der Waals surface area contributed by atoms with Crippen LogP contribution in [0, 0.1) is 13.8 Å². The molecule has 4 heteroatoms. The Morgan fingerprint density at radius 2 is 1.30 bits per heavy atom. The molecule has 0 radical (unpaired) electrons. The van der Waals surface area contributed by atoms with E-state index in [9.17, 15) is 0 Å². The van der Waals surface area contributed by atoms with Gasteiger partial charge < -0.3 is 19.3 Å². The maximum atomic E-state index is 6.65. The smallest absolute Gasteiger partial charge is 0.140 e. The minimum absolute atomic E-state index is 0.0498. The van der Waals surface area contributed by atoms with E-state index in [1.807, 2.05) is 0 Å². The van der Waals surface area contributed by atoms with Gasteiger partial charge in [0.1, 0.15) is 23.4 Å². The molecule has 0 N–H and O–H groups in total. The van der Waals surface area contributed by atoms with Crippen LogP contribution in [-0.4, -0.2) is 32.3 Å². The molecule has 0 amide bonds. The lowest BCUT2D eigenvalue weighted by atomic mass is 9.81. The Balaban J connectivity index is 1.08. The number of ether oxygens (including phenoxy) is 2. The first-order chi connectivity index (χ1) is 26.4. The van der Waals surface area contributed by atoms with Crippen LogP contribution in [0.5, 0.6) is 11.5 Å². The predicted octanol–water partition coefficient (Wildman–Crippen LogP) is 11.4. The molecule has 54 heavy (non-hydrogen) atoms. The number of nitrogens with zero attached hydrogens (tertiary/aromatic N) is 2. The number of benzene rings is 3. The molecule has 0 saturated heterocycles. The summed E-state index contributed by atoms with van der Waals surface area (Å²) in [5.74, 6) is 3.22. The molecule has 6 heterocycles. The lowest BCUT2D eigenvalue weighted by Gasteiger charge is -2.39. The van der Waals surface area contributed by atoms with E-state index in [2.05, 4.69) is 104 Å². The Labute approximate surface area is 322 Å². The molecule has 4 nitrogen and oxygen atoms in total. The Morgan fingerprint density at radius 1 is 0.648 bits per heavy atom. The van der Waals surface area contributed by atoms with Gasteiger partial charge in [-0.3, -0.25) is 0 Å². The van der Waals surface area contributed by atoms with E-state index in [1.165, 1.54) is 141 Å². The molecular weight excluding hydrogens is 661 g/mol. The number of fused-ring (bicyclic) bond motifs is 4. The standard InChI is InChI=1S/C50H54N2O2/c1-31-24-32(2)26-41(25-31)46-35(16-18-37-27-33(3)53-49-42-14-8-22-51-20-6-12-39(47(42)51)29-44(37)49)10-5-11-36(46)17-19-38-28-34(4)54-50-43-15-9-23-52-21-7-13-40(48(43)52)30-45(38)50/h16-19,24-30,33H,5-15,20-23H2,1-4H3/b18-16+,36-17+,38-19+. The number of allylic oxidation sites excluding steroid dienone is 11. The van der Waals surface area contributed by atoms with Crippen molar-refractivity contribution in [2.45, 2.75) is 104 Å². The Kier molecular flexibility index (Phi) is 8.49. The summed E-state index contributed by atoms with van der Waals surface area (Å²) in [6.07, 6.45) is 27.1. The highest BCUT2D eigenvalue weighted by atomic mass is 16.5. The Morgan fingerprint density at radius 3 is 2.00 bits per heavy atom. The molecule has 1 atom stereocenters. The van der Waals surface area contributed by atoms with E-state index in [-0.39, 0.29) is 6.10 Å². The van der Waals surface area contributed by atoms with Crippen LogP contribution >= 0.6 is 0 Å². The summed E-state index contributed by atoms with van der Waals surface area (Å²) in [4.78, 5) is 5.24. The molecule has 3 aromatic rings. The second-order valence-electron chi connectivity index (χ2n) is 16.9. The molecule has 0 fully saturated rings. The highest BCUT2D eigenvalue weighted by Gasteiger charge is 2.33. The topological polar surface area (TPSA) is 24.9 Å². The van der Waals surface area contributed by atoms with Crippen molar-refractivity contribution in [2.24, 2.45) is 0 Å². The third-order valence-electron chi connectivity index (χ3n) is 12.9. The second kappa shape index (κ2) is 13.6. The van der Waals surface area contributed by atoms with E-state index in [0.29, 0.717) is 0 Å². The number of hydrogen-bond acceptors (Lipinski definition) is 4. The average Bonchev–Trinajstić information content (AvgIpc) is 3.16. The zero-order valence-electron chi connectivity index (χ0n) is 32.7. The highest BCUT2D eigenvalue weighted by molar-refractivity contribution is 5.90. The van der Waals surface area contributed by atoms with Gasteiger partial charge in [0.25, 0.3) is 0 Å². The first kappa shape index (κ1) is 33.8. The Hall–Kier alpha value is -4.70. The maximum absolute atomic E-state index is 6.65. The number of anilines is 2. The lowest BCUT2D eigenvalue weighted by molar-refractivity contribution is 0.261. The zero-order chi connectivity index (χ0) is 36.5. The molecule has 0 bridgehead atoms. The van der Waals surface area contributed by atoms with Gasteiger partial charge in [0, 0.05) is 59.8 Å². The molecule has 7 aliphatic rings. The van der Waals surface area contributed by atoms with E-state index in [0.717, 1.165) is 62.2 Å². The van der Waals surface area contributed by atoms with Crippen molar-refractivity contribution >= 4 is 28.1 Å². The fourth-order valence-corrected chi connectivity index (χ4v) is 10.8. The van der Waals surface area contributed by atoms with E-state index >= 15 is 0 Å². The van der Waals surface area contributed by atoms with Crippen molar-refractivity contribution in [2.75, 3.05) is 36.0 Å². The molecule has 0 saturated carbocycles. The second-order valence-corrected chi connectivity index (χ2v) is 16.9. The molecule has 276 valence electrons. The summed E-state index contributed by atoms with van der Waals surface area (Å²) in [7, 11) is 0. The van der Waals surface area contributed by atoms with Crippen LogP contribution in [0.15, 0.2) is 83.7 Å². The summed E-state index contributed by atoms with van der Waals surface area (Å²) in [5.41, 5.74) is 22.2. The van der Waals surface area contributed by atoms with Crippen LogP contribution in [0.25, 0.3) is 16.7 Å². The van der Waals surface area contributed by atoms with Crippen molar-refractivity contribution in [3.05, 3.63) is 134 Å². The number of rotatable bonds is 4. The van der Waals surface area contributed by atoms with E-state index in [1.54, 1.807) is 0 Å². The van der Waals surface area contributed by atoms with Gasteiger partial charge in [0.15, 0.2) is 0 Å². The first-order valence-corrected chi connectivity index (χ1v) is 20.9. The summed E-state index contributed by atoms with van der Waals surface area (Å²) in [6, 6.07) is 12.0. The van der Waals surface area contributed by atoms with Crippen LogP contribution in [0.1, 0.15) is 109 Å². The van der Waals surface area contributed by atoms with Crippen LogP contribution in [0.2, 0.25) is 0 Å². The normalized spacial score (nSPS) is 23.0. The number of aryl methyl sites for hydroxylation is 4. The van der Waals surface area contributed by atoms with Gasteiger partial charge in [0.05, 0.1) is 0 Å². The third-order valence-corrected chi connectivity index (χ3v) is 12.9. The van der Waals surface area contributed by atoms with Crippen molar-refractivity contribution in [1.29, 1.82) is 0 Å². The van der Waals surface area contributed by atoms with Crippen molar-refractivity contribution in [3.8, 4) is 11.5 Å². The first-order valence-electron chi connectivity index (χ1n) is 20.9. The van der Waals surface area contributed by atoms with Gasteiger partial charge >= 0.3 is 0 Å². The molecule has 0 aromatic heterocycles. The van der Waals surface area contributed by atoms with Crippen LogP contribution in [-0.2, 0) is 25.7 Å². The molecule has 3 aromatic carbocycles. The van der Waals surface area contributed by atoms with Gasteiger partial charge in [-0.2, -0.15) is 0 Å². The molecule has 1 aliphatic carbocycles. The highest BCUT2D eigenvalue weighted by Crippen LogP contribution is 2.49. The van der Waals surface area contributed by atoms with E-state index in [4.69, 9.17) is 9.47 Å². The van der Waals surface area contributed by atoms with Crippen LogP contribution in [0.3, 0.4) is 0 Å². The minimum atomic E-state index is 0.0498. The van der Waals surface area contributed by atoms with Gasteiger partial charge in [0.2, 0.25) is 0 Å². The van der Waals surface area contributed by atoms with Crippen LogP contribution in [0.4, 0.5) is 11.4 Å². The largest absolute Gasteiger partial charge is 0.486 e. The summed E-state index contributed by atoms with van der Waals surface area (Å²) >= 11 is 0. The lowest BCUT2D eigenvalue weighted by Crippen LogP contribution is -2.35. The monoisotopic (exact) mass is 714 g/mol. The van der Waals surface area contributed by atoms with Crippen molar-refractivity contribution in [3.63, 3.8) is 0 Å². The minimum Gasteiger partial charge on any atom is -0.486 e. The van der Waals surface area contributed by atoms with E-state index < -0.39 is 0 Å². The van der Waals surface area contributed by atoms with Gasteiger partial charge in [-0.05, 0) is 167 Å². The zero-order valence-corrected chi connectivity index (χ0v) is 32.7. The number of hydrogen-bond donors (Lipinski definition) is 0. The predicted molar refractivity (Wildman–Crippen MR) is 225 cm³/mol.